The average Bonchev–Trinajstić information content (AvgIpc) is 3.26. The minimum atomic E-state index is 0. The Morgan fingerprint density at radius 2 is 1.49 bits per heavy atom. The van der Waals surface area contributed by atoms with Crippen LogP contribution in [0, 0.1) is 6.07 Å². The van der Waals surface area contributed by atoms with Gasteiger partial charge in [-0.25, -0.2) is 4.98 Å². The standard InChI is InChI=1S/C32H24N3O.Pt/c1-35-29-15-9-13-26(31(29)34-32(35)27-12-5-6-16-30(27)36)24-19-23(18-22-10-3-2-4-11-22)20-25(21-24)28-14-7-8-17-33-28;/h2-17,19-20,36H,18H2,1H3;/q-1;. The zero-order valence-electron chi connectivity index (χ0n) is 20.2. The molecule has 37 heavy (non-hydrogen) atoms. The van der Waals surface area contributed by atoms with E-state index in [1.807, 2.05) is 66.3 Å². The zero-order valence-corrected chi connectivity index (χ0v) is 22.5. The molecule has 0 radical (unpaired) electrons. The van der Waals surface area contributed by atoms with Crippen molar-refractivity contribution in [2.24, 2.45) is 7.05 Å². The van der Waals surface area contributed by atoms with Gasteiger partial charge in [0.05, 0.1) is 16.6 Å². The van der Waals surface area contributed by atoms with E-state index >= 15 is 0 Å². The molecule has 2 heterocycles. The molecule has 0 amide bonds. The second kappa shape index (κ2) is 10.5. The summed E-state index contributed by atoms with van der Waals surface area (Å²) in [6.07, 6.45) is 2.62. The number of phenols is 1. The van der Waals surface area contributed by atoms with Gasteiger partial charge in [-0.1, -0.05) is 77.9 Å². The van der Waals surface area contributed by atoms with Crippen molar-refractivity contribution in [3.63, 3.8) is 0 Å². The van der Waals surface area contributed by atoms with Crippen LogP contribution < -0.4 is 0 Å². The summed E-state index contributed by atoms with van der Waals surface area (Å²) < 4.78 is 2.03. The summed E-state index contributed by atoms with van der Waals surface area (Å²) in [5, 5.41) is 10.5. The molecule has 0 saturated heterocycles. The Hall–Kier alpha value is -4.01. The summed E-state index contributed by atoms with van der Waals surface area (Å²) >= 11 is 0. The van der Waals surface area contributed by atoms with Crippen molar-refractivity contribution in [2.75, 3.05) is 0 Å². The van der Waals surface area contributed by atoms with Crippen LogP contribution in [0.2, 0.25) is 0 Å². The number of benzene rings is 4. The molecule has 4 aromatic carbocycles. The minimum absolute atomic E-state index is 0. The van der Waals surface area contributed by atoms with Crippen molar-refractivity contribution in [3.05, 3.63) is 127 Å². The van der Waals surface area contributed by atoms with Crippen molar-refractivity contribution >= 4 is 11.0 Å². The van der Waals surface area contributed by atoms with Gasteiger partial charge in [0.25, 0.3) is 0 Å². The molecule has 2 aromatic heterocycles. The number of hydrogen-bond acceptors (Lipinski definition) is 3. The molecule has 184 valence electrons. The summed E-state index contributed by atoms with van der Waals surface area (Å²) in [6, 6.07) is 37.9. The Labute approximate surface area is 230 Å². The molecule has 6 aromatic rings. The van der Waals surface area contributed by atoms with E-state index in [0.717, 1.165) is 45.7 Å². The van der Waals surface area contributed by atoms with Crippen molar-refractivity contribution < 1.29 is 26.2 Å². The van der Waals surface area contributed by atoms with Crippen LogP contribution >= 0.6 is 0 Å². The smallest absolute Gasteiger partial charge is 0.143 e. The van der Waals surface area contributed by atoms with Crippen molar-refractivity contribution in [1.82, 2.24) is 14.5 Å². The minimum Gasteiger partial charge on any atom is -0.507 e. The van der Waals surface area contributed by atoms with E-state index < -0.39 is 0 Å². The number of para-hydroxylation sites is 2. The Balaban J connectivity index is 0.00000280. The number of nitrogens with zero attached hydrogens (tertiary/aromatic N) is 3. The maximum absolute atomic E-state index is 10.5. The molecule has 0 fully saturated rings. The van der Waals surface area contributed by atoms with E-state index in [1.54, 1.807) is 6.07 Å². The maximum Gasteiger partial charge on any atom is 0.143 e. The fourth-order valence-corrected chi connectivity index (χ4v) is 4.70. The fraction of sp³-hybridized carbons (Fsp3) is 0.0625. The molecule has 0 bridgehead atoms. The SMILES string of the molecule is Cn1c(-c2ccccc2O)nc2c(-c3[c-]c(-c4ccccn4)cc(Cc4ccccc4)c3)cccc21.[Pt]. The Morgan fingerprint density at radius 3 is 2.27 bits per heavy atom. The second-order valence-corrected chi connectivity index (χ2v) is 8.88. The van der Waals surface area contributed by atoms with E-state index in [2.05, 4.69) is 59.6 Å². The van der Waals surface area contributed by atoms with E-state index in [-0.39, 0.29) is 26.8 Å². The molecule has 1 N–H and O–H groups in total. The summed E-state index contributed by atoms with van der Waals surface area (Å²) in [5.74, 6) is 0.937. The van der Waals surface area contributed by atoms with Crippen LogP contribution in [0.15, 0.2) is 109 Å². The van der Waals surface area contributed by atoms with Gasteiger partial charge >= 0.3 is 0 Å². The van der Waals surface area contributed by atoms with Gasteiger partial charge in [0.1, 0.15) is 11.6 Å². The van der Waals surface area contributed by atoms with Gasteiger partial charge < -0.3 is 9.67 Å². The molecule has 0 spiro atoms. The Bertz CT molecular complexity index is 1680. The molecular weight excluding hydrogens is 637 g/mol. The van der Waals surface area contributed by atoms with E-state index in [0.29, 0.717) is 5.56 Å². The molecule has 0 saturated carbocycles. The van der Waals surface area contributed by atoms with Gasteiger partial charge in [0, 0.05) is 40.0 Å². The van der Waals surface area contributed by atoms with Gasteiger partial charge in [-0.05, 0) is 36.2 Å². The summed E-state index contributed by atoms with van der Waals surface area (Å²) in [5.41, 5.74) is 8.81. The first kappa shape index (κ1) is 24.7. The van der Waals surface area contributed by atoms with E-state index in [1.165, 1.54) is 11.1 Å². The van der Waals surface area contributed by atoms with Gasteiger partial charge in [0.2, 0.25) is 0 Å². The first-order valence-corrected chi connectivity index (χ1v) is 11.9. The number of hydrogen-bond donors (Lipinski definition) is 1. The predicted molar refractivity (Wildman–Crippen MR) is 145 cm³/mol. The molecule has 0 atom stereocenters. The molecule has 0 aliphatic rings. The molecule has 0 unspecified atom stereocenters. The second-order valence-electron chi connectivity index (χ2n) is 8.88. The quantitative estimate of drug-likeness (QED) is 0.201. The predicted octanol–water partition coefficient (Wildman–Crippen LogP) is 7.06. The number of fused-ring (bicyclic) bond motifs is 1. The van der Waals surface area contributed by atoms with Crippen molar-refractivity contribution in [1.29, 1.82) is 0 Å². The van der Waals surface area contributed by atoms with Crippen LogP contribution in [-0.4, -0.2) is 19.6 Å². The third-order valence-electron chi connectivity index (χ3n) is 6.47. The van der Waals surface area contributed by atoms with Gasteiger partial charge in [-0.2, -0.15) is 0 Å². The molecule has 4 nitrogen and oxygen atoms in total. The van der Waals surface area contributed by atoms with Crippen LogP contribution in [0.5, 0.6) is 5.75 Å². The first-order valence-electron chi connectivity index (χ1n) is 11.9. The van der Waals surface area contributed by atoms with Crippen LogP contribution in [-0.2, 0) is 34.5 Å². The summed E-state index contributed by atoms with van der Waals surface area (Å²) in [4.78, 5) is 9.59. The number of imidazole rings is 1. The zero-order chi connectivity index (χ0) is 24.5. The maximum atomic E-state index is 10.5. The number of rotatable bonds is 5. The van der Waals surface area contributed by atoms with Gasteiger partial charge in [0.15, 0.2) is 0 Å². The molecule has 0 aliphatic carbocycles. The number of aromatic hydroxyl groups is 1. The van der Waals surface area contributed by atoms with Crippen LogP contribution in [0.4, 0.5) is 0 Å². The first-order chi connectivity index (χ1) is 17.7. The van der Waals surface area contributed by atoms with Gasteiger partial charge in [-0.15, -0.1) is 29.3 Å². The summed E-state index contributed by atoms with van der Waals surface area (Å²) in [7, 11) is 1.98. The number of phenolic OH excluding ortho intramolecular Hbond substituents is 1. The van der Waals surface area contributed by atoms with Gasteiger partial charge in [-0.3, -0.25) is 4.98 Å². The monoisotopic (exact) mass is 661 g/mol. The molecule has 0 aliphatic heterocycles. The molecule has 6 rings (SSSR count). The number of pyridine rings is 1. The normalized spacial score (nSPS) is 10.8. The Morgan fingerprint density at radius 1 is 0.757 bits per heavy atom. The fourth-order valence-electron chi connectivity index (χ4n) is 4.70. The Kier molecular flexibility index (Phi) is 7.03. The van der Waals surface area contributed by atoms with E-state index in [4.69, 9.17) is 4.98 Å². The van der Waals surface area contributed by atoms with Crippen LogP contribution in [0.3, 0.4) is 0 Å². The third-order valence-corrected chi connectivity index (χ3v) is 6.47. The molecular formula is C32H24N3OPt-. The number of aromatic nitrogens is 3. The third kappa shape index (κ3) is 4.85. The largest absolute Gasteiger partial charge is 0.507 e. The summed E-state index contributed by atoms with van der Waals surface area (Å²) in [6.45, 7) is 0. The van der Waals surface area contributed by atoms with E-state index in [9.17, 15) is 5.11 Å². The molecule has 5 heteroatoms. The number of aryl methyl sites for hydroxylation is 1. The topological polar surface area (TPSA) is 50.9 Å². The van der Waals surface area contributed by atoms with Crippen LogP contribution in [0.25, 0.3) is 44.8 Å². The van der Waals surface area contributed by atoms with Crippen molar-refractivity contribution in [3.8, 4) is 39.5 Å². The average molecular weight is 662 g/mol. The van der Waals surface area contributed by atoms with Crippen molar-refractivity contribution in [2.45, 2.75) is 6.42 Å². The van der Waals surface area contributed by atoms with Crippen LogP contribution in [0.1, 0.15) is 11.1 Å².